The van der Waals surface area contributed by atoms with E-state index < -0.39 is 0 Å². The molecule has 0 spiro atoms. The van der Waals surface area contributed by atoms with Gasteiger partial charge in [-0.2, -0.15) is 0 Å². The molecule has 2 aromatic heterocycles. The Kier molecular flexibility index (Phi) is 4.99. The van der Waals surface area contributed by atoms with Crippen molar-refractivity contribution < 1.29 is 14.0 Å². The van der Waals surface area contributed by atoms with Crippen molar-refractivity contribution in [3.63, 3.8) is 0 Å². The predicted octanol–water partition coefficient (Wildman–Crippen LogP) is 3.20. The summed E-state index contributed by atoms with van der Waals surface area (Å²) in [6, 6.07) is 8.83. The molecule has 8 heteroatoms. The van der Waals surface area contributed by atoms with Crippen LogP contribution in [0.5, 0.6) is 0 Å². The third-order valence-electron chi connectivity index (χ3n) is 5.10. The Hall–Kier alpha value is -3.68. The van der Waals surface area contributed by atoms with Crippen LogP contribution in [0.15, 0.2) is 53.4 Å². The van der Waals surface area contributed by atoms with E-state index in [4.69, 9.17) is 4.42 Å². The number of aromatic nitrogens is 2. The summed E-state index contributed by atoms with van der Waals surface area (Å²) in [7, 11) is 3.76. The molecule has 1 aromatic carbocycles. The van der Waals surface area contributed by atoms with Gasteiger partial charge in [-0.3, -0.25) is 9.59 Å². The number of anilines is 3. The molecule has 0 radical (unpaired) electrons. The van der Waals surface area contributed by atoms with Gasteiger partial charge in [-0.05, 0) is 36.8 Å². The SMILES string of the molecule is CC(=O)N1c2ccc(-c3cnc(N(C)C)nc3)cc2N(C(=O)c2ccco2)C[C@@H]1C. The number of hydrogen-bond acceptors (Lipinski definition) is 6. The van der Waals surface area contributed by atoms with Crippen molar-refractivity contribution in [2.45, 2.75) is 19.9 Å². The number of benzene rings is 1. The molecule has 0 N–H and O–H groups in total. The van der Waals surface area contributed by atoms with Gasteiger partial charge in [0.1, 0.15) is 0 Å². The van der Waals surface area contributed by atoms with Crippen molar-refractivity contribution in [1.82, 2.24) is 9.97 Å². The van der Waals surface area contributed by atoms with E-state index in [9.17, 15) is 9.59 Å². The molecule has 0 aliphatic carbocycles. The summed E-state index contributed by atoms with van der Waals surface area (Å²) in [6.45, 7) is 3.83. The van der Waals surface area contributed by atoms with Gasteiger partial charge in [0.25, 0.3) is 5.91 Å². The largest absolute Gasteiger partial charge is 0.459 e. The first-order valence-corrected chi connectivity index (χ1v) is 9.65. The number of carbonyl (C=O) groups excluding carboxylic acids is 2. The van der Waals surface area contributed by atoms with E-state index in [0.29, 0.717) is 23.9 Å². The molecule has 154 valence electrons. The molecular weight excluding hydrogens is 382 g/mol. The molecule has 0 saturated carbocycles. The number of carbonyl (C=O) groups is 2. The van der Waals surface area contributed by atoms with Crippen LogP contribution < -0.4 is 14.7 Å². The normalized spacial score (nSPS) is 15.7. The van der Waals surface area contributed by atoms with Crippen molar-refractivity contribution in [3.05, 3.63) is 54.7 Å². The van der Waals surface area contributed by atoms with Gasteiger partial charge in [-0.15, -0.1) is 0 Å². The van der Waals surface area contributed by atoms with E-state index in [2.05, 4.69) is 9.97 Å². The molecule has 0 saturated heterocycles. The molecule has 0 unspecified atom stereocenters. The standard InChI is InChI=1S/C22H23N5O3/c1-14-13-26(21(29)20-6-5-9-30-20)19-10-16(7-8-18(19)27(14)15(2)28)17-11-23-22(24-12-17)25(3)4/h5-12,14H,13H2,1-4H3/t14-/m0/s1. The molecule has 1 aliphatic heterocycles. The van der Waals surface area contributed by atoms with Gasteiger partial charge in [-0.1, -0.05) is 6.07 Å². The highest BCUT2D eigenvalue weighted by Gasteiger charge is 2.35. The van der Waals surface area contributed by atoms with E-state index >= 15 is 0 Å². The summed E-state index contributed by atoms with van der Waals surface area (Å²) in [5, 5.41) is 0. The molecule has 30 heavy (non-hydrogen) atoms. The maximum Gasteiger partial charge on any atom is 0.294 e. The van der Waals surface area contributed by atoms with Gasteiger partial charge in [0, 0.05) is 45.5 Å². The molecule has 1 aliphatic rings. The van der Waals surface area contributed by atoms with E-state index in [0.717, 1.165) is 11.1 Å². The van der Waals surface area contributed by atoms with Crippen molar-refractivity contribution in [1.29, 1.82) is 0 Å². The van der Waals surface area contributed by atoms with Gasteiger partial charge in [0.05, 0.1) is 23.7 Å². The molecule has 0 fully saturated rings. The Morgan fingerprint density at radius 2 is 1.83 bits per heavy atom. The van der Waals surface area contributed by atoms with Crippen LogP contribution in [0.4, 0.5) is 17.3 Å². The van der Waals surface area contributed by atoms with Gasteiger partial charge < -0.3 is 19.1 Å². The summed E-state index contributed by atoms with van der Waals surface area (Å²) in [4.78, 5) is 39.4. The van der Waals surface area contributed by atoms with Crippen molar-refractivity contribution in [2.75, 3.05) is 35.3 Å². The Labute approximate surface area is 174 Å². The molecule has 1 atom stereocenters. The maximum absolute atomic E-state index is 13.1. The summed E-state index contributed by atoms with van der Waals surface area (Å²) in [5.74, 6) is 0.560. The summed E-state index contributed by atoms with van der Waals surface area (Å²) in [5.41, 5.74) is 3.02. The number of amides is 2. The lowest BCUT2D eigenvalue weighted by molar-refractivity contribution is -0.117. The Morgan fingerprint density at radius 1 is 1.10 bits per heavy atom. The molecule has 8 nitrogen and oxygen atoms in total. The molecule has 3 heterocycles. The number of fused-ring (bicyclic) bond motifs is 1. The van der Waals surface area contributed by atoms with Crippen molar-refractivity contribution >= 4 is 29.1 Å². The van der Waals surface area contributed by atoms with Crippen LogP contribution in [-0.2, 0) is 4.79 Å². The van der Waals surface area contributed by atoms with E-state index in [1.807, 2.05) is 44.1 Å². The smallest absolute Gasteiger partial charge is 0.294 e. The van der Waals surface area contributed by atoms with Crippen LogP contribution >= 0.6 is 0 Å². The van der Waals surface area contributed by atoms with Crippen molar-refractivity contribution in [2.24, 2.45) is 0 Å². The van der Waals surface area contributed by atoms with Crippen LogP contribution in [0.3, 0.4) is 0 Å². The minimum atomic E-state index is -0.243. The second-order valence-electron chi connectivity index (χ2n) is 7.50. The van der Waals surface area contributed by atoms with Crippen molar-refractivity contribution in [3.8, 4) is 11.1 Å². The van der Waals surface area contributed by atoms with Crippen LogP contribution in [0.1, 0.15) is 24.4 Å². The minimum Gasteiger partial charge on any atom is -0.459 e. The van der Waals surface area contributed by atoms with Crippen LogP contribution in [-0.4, -0.2) is 48.5 Å². The number of rotatable bonds is 3. The fourth-order valence-corrected chi connectivity index (χ4v) is 3.71. The lowest BCUT2D eigenvalue weighted by Gasteiger charge is -2.40. The minimum absolute atomic E-state index is 0.0692. The van der Waals surface area contributed by atoms with Gasteiger partial charge in [0.15, 0.2) is 5.76 Å². The lowest BCUT2D eigenvalue weighted by atomic mass is 10.0. The zero-order valence-electron chi connectivity index (χ0n) is 17.4. The molecule has 4 rings (SSSR count). The Morgan fingerprint density at radius 3 is 2.43 bits per heavy atom. The van der Waals surface area contributed by atoms with E-state index in [1.165, 1.54) is 13.2 Å². The molecular formula is C22H23N5O3. The molecule has 0 bridgehead atoms. The summed E-state index contributed by atoms with van der Waals surface area (Å²) >= 11 is 0. The highest BCUT2D eigenvalue weighted by molar-refractivity contribution is 6.10. The van der Waals surface area contributed by atoms with Gasteiger partial charge >= 0.3 is 0 Å². The first kappa shape index (κ1) is 19.6. The fraction of sp³-hybridized carbons (Fsp3) is 0.273. The second-order valence-corrected chi connectivity index (χ2v) is 7.50. The zero-order valence-corrected chi connectivity index (χ0v) is 17.4. The quantitative estimate of drug-likeness (QED) is 0.665. The highest BCUT2D eigenvalue weighted by atomic mass is 16.3. The monoisotopic (exact) mass is 405 g/mol. The topological polar surface area (TPSA) is 82.8 Å². The van der Waals surface area contributed by atoms with Crippen LogP contribution in [0.2, 0.25) is 0 Å². The summed E-state index contributed by atoms with van der Waals surface area (Å²) in [6.07, 6.45) is 4.97. The third kappa shape index (κ3) is 3.41. The Bertz CT molecular complexity index is 1080. The van der Waals surface area contributed by atoms with Crippen LogP contribution in [0, 0.1) is 0 Å². The zero-order chi connectivity index (χ0) is 21.4. The first-order valence-electron chi connectivity index (χ1n) is 9.65. The average molecular weight is 405 g/mol. The first-order chi connectivity index (χ1) is 14.4. The molecule has 3 aromatic rings. The van der Waals surface area contributed by atoms with Gasteiger partial charge in [0.2, 0.25) is 11.9 Å². The maximum atomic E-state index is 13.1. The average Bonchev–Trinajstić information content (AvgIpc) is 3.27. The molecule has 2 amide bonds. The lowest BCUT2D eigenvalue weighted by Crippen LogP contribution is -2.51. The fourth-order valence-electron chi connectivity index (χ4n) is 3.71. The third-order valence-corrected chi connectivity index (χ3v) is 5.10. The summed E-state index contributed by atoms with van der Waals surface area (Å²) < 4.78 is 5.33. The van der Waals surface area contributed by atoms with E-state index in [1.54, 1.807) is 34.3 Å². The van der Waals surface area contributed by atoms with E-state index in [-0.39, 0.29) is 23.6 Å². The van der Waals surface area contributed by atoms with Crippen LogP contribution in [0.25, 0.3) is 11.1 Å². The number of hydrogen-bond donors (Lipinski definition) is 0. The second kappa shape index (κ2) is 7.62. The Balaban J connectivity index is 1.80. The predicted molar refractivity (Wildman–Crippen MR) is 115 cm³/mol. The number of nitrogens with zero attached hydrogens (tertiary/aromatic N) is 5. The highest BCUT2D eigenvalue weighted by Crippen LogP contribution is 2.39. The van der Waals surface area contributed by atoms with Gasteiger partial charge in [-0.25, -0.2) is 9.97 Å². The number of furan rings is 1.